The second-order valence-corrected chi connectivity index (χ2v) is 8.10. The van der Waals surface area contributed by atoms with Crippen molar-refractivity contribution >= 4 is 0 Å². The van der Waals surface area contributed by atoms with Gasteiger partial charge in [-0.15, -0.1) is 0 Å². The van der Waals surface area contributed by atoms with Crippen LogP contribution in [0.2, 0.25) is 0 Å². The number of aliphatic hydroxyl groups excluding tert-OH is 1. The van der Waals surface area contributed by atoms with Crippen molar-refractivity contribution < 1.29 is 23.4 Å². The van der Waals surface area contributed by atoms with Crippen molar-refractivity contribution in [3.63, 3.8) is 0 Å². The summed E-state index contributed by atoms with van der Waals surface area (Å²) >= 11 is 0. The fourth-order valence-electron chi connectivity index (χ4n) is 4.15. The number of halogens is 2. The van der Waals surface area contributed by atoms with E-state index in [4.69, 9.17) is 9.47 Å². The predicted molar refractivity (Wildman–Crippen MR) is 106 cm³/mol. The van der Waals surface area contributed by atoms with Crippen LogP contribution < -0.4 is 14.8 Å². The molecule has 2 aromatic carbocycles. The van der Waals surface area contributed by atoms with Crippen LogP contribution in [0.3, 0.4) is 0 Å². The molecule has 156 valence electrons. The van der Waals surface area contributed by atoms with Crippen LogP contribution in [0.4, 0.5) is 8.78 Å². The molecule has 0 radical (unpaired) electrons. The topological polar surface area (TPSA) is 50.7 Å². The van der Waals surface area contributed by atoms with E-state index in [1.54, 1.807) is 18.2 Å². The van der Waals surface area contributed by atoms with E-state index < -0.39 is 6.10 Å². The van der Waals surface area contributed by atoms with Crippen molar-refractivity contribution in [2.24, 2.45) is 5.92 Å². The second kappa shape index (κ2) is 8.67. The molecule has 1 unspecified atom stereocenters. The first kappa shape index (κ1) is 20.1. The minimum atomic E-state index is -0.642. The summed E-state index contributed by atoms with van der Waals surface area (Å²) in [5, 5.41) is 13.8. The van der Waals surface area contributed by atoms with Gasteiger partial charge < -0.3 is 19.9 Å². The van der Waals surface area contributed by atoms with Crippen LogP contribution in [0.1, 0.15) is 30.9 Å². The number of aryl methyl sites for hydroxylation is 2. The van der Waals surface area contributed by atoms with E-state index >= 15 is 0 Å². The summed E-state index contributed by atoms with van der Waals surface area (Å²) < 4.78 is 38.5. The molecule has 2 aromatic rings. The lowest BCUT2D eigenvalue weighted by Crippen LogP contribution is -2.44. The summed E-state index contributed by atoms with van der Waals surface area (Å²) in [7, 11) is 0. The Morgan fingerprint density at radius 1 is 0.931 bits per heavy atom. The van der Waals surface area contributed by atoms with E-state index in [1.807, 2.05) is 0 Å². The molecule has 0 amide bonds. The molecular formula is C23H27F2NO3. The number of fused-ring (bicyclic) bond motifs is 2. The normalized spacial score (nSPS) is 22.6. The average molecular weight is 403 g/mol. The Hall–Kier alpha value is -2.18. The van der Waals surface area contributed by atoms with E-state index in [0.29, 0.717) is 31.7 Å². The number of hydrogen-bond donors (Lipinski definition) is 2. The van der Waals surface area contributed by atoms with Gasteiger partial charge in [-0.3, -0.25) is 0 Å². The Morgan fingerprint density at radius 2 is 1.48 bits per heavy atom. The van der Waals surface area contributed by atoms with Gasteiger partial charge in [0, 0.05) is 19.0 Å². The van der Waals surface area contributed by atoms with E-state index in [2.05, 4.69) is 12.2 Å². The highest BCUT2D eigenvalue weighted by Gasteiger charge is 2.28. The highest BCUT2D eigenvalue weighted by atomic mass is 19.1. The van der Waals surface area contributed by atoms with Crippen LogP contribution >= 0.6 is 0 Å². The minimum absolute atomic E-state index is 0.0605. The Kier molecular flexibility index (Phi) is 6.01. The molecule has 2 heterocycles. The average Bonchev–Trinajstić information content (AvgIpc) is 2.72. The molecule has 2 N–H and O–H groups in total. The third kappa shape index (κ3) is 4.70. The fraction of sp³-hybridized carbons (Fsp3) is 0.478. The summed E-state index contributed by atoms with van der Waals surface area (Å²) in [5.41, 5.74) is 1.77. The third-order valence-corrected chi connectivity index (χ3v) is 5.88. The van der Waals surface area contributed by atoms with Gasteiger partial charge >= 0.3 is 0 Å². The molecule has 2 aliphatic heterocycles. The highest BCUT2D eigenvalue weighted by Crippen LogP contribution is 2.31. The summed E-state index contributed by atoms with van der Waals surface area (Å²) in [4.78, 5) is 0. The van der Waals surface area contributed by atoms with Gasteiger partial charge in [-0.25, -0.2) is 8.78 Å². The zero-order valence-corrected chi connectivity index (χ0v) is 16.5. The van der Waals surface area contributed by atoms with Crippen molar-refractivity contribution in [3.05, 3.63) is 59.2 Å². The number of nitrogens with one attached hydrogen (secondary N) is 1. The number of ether oxygens (including phenoxy) is 2. The number of benzene rings is 2. The Labute approximate surface area is 169 Å². The number of hydrogen-bond acceptors (Lipinski definition) is 4. The zero-order chi connectivity index (χ0) is 20.4. The van der Waals surface area contributed by atoms with Gasteiger partial charge in [-0.2, -0.15) is 0 Å². The number of rotatable bonds is 6. The van der Waals surface area contributed by atoms with E-state index in [9.17, 15) is 13.9 Å². The quantitative estimate of drug-likeness (QED) is 0.773. The fourth-order valence-corrected chi connectivity index (χ4v) is 4.15. The van der Waals surface area contributed by atoms with Crippen molar-refractivity contribution in [1.29, 1.82) is 0 Å². The van der Waals surface area contributed by atoms with Gasteiger partial charge in [0.25, 0.3) is 0 Å². The van der Waals surface area contributed by atoms with Gasteiger partial charge in [-0.05, 0) is 73.2 Å². The zero-order valence-electron chi connectivity index (χ0n) is 16.5. The molecule has 0 aromatic heterocycles. The first-order valence-corrected chi connectivity index (χ1v) is 10.3. The first-order chi connectivity index (χ1) is 14.0. The van der Waals surface area contributed by atoms with Crippen molar-refractivity contribution in [1.82, 2.24) is 5.32 Å². The lowest BCUT2D eigenvalue weighted by atomic mass is 9.94. The molecule has 0 saturated heterocycles. The lowest BCUT2D eigenvalue weighted by Gasteiger charge is -2.32. The molecule has 0 fully saturated rings. The van der Waals surface area contributed by atoms with Crippen LogP contribution in [0.25, 0.3) is 0 Å². The molecule has 0 spiro atoms. The maximum atomic E-state index is 13.3. The smallest absolute Gasteiger partial charge is 0.126 e. The van der Waals surface area contributed by atoms with Crippen molar-refractivity contribution in [2.75, 3.05) is 13.1 Å². The maximum absolute atomic E-state index is 13.3. The third-order valence-electron chi connectivity index (χ3n) is 5.88. The van der Waals surface area contributed by atoms with Gasteiger partial charge in [0.2, 0.25) is 0 Å². The van der Waals surface area contributed by atoms with Crippen LogP contribution in [-0.2, 0) is 12.8 Å². The first-order valence-electron chi connectivity index (χ1n) is 10.3. The predicted octanol–water partition coefficient (Wildman–Crippen LogP) is 3.64. The monoisotopic (exact) mass is 403 g/mol. The minimum Gasteiger partial charge on any atom is -0.490 e. The molecule has 0 saturated carbocycles. The van der Waals surface area contributed by atoms with Gasteiger partial charge in [-0.1, -0.05) is 6.92 Å². The van der Waals surface area contributed by atoms with E-state index in [0.717, 1.165) is 29.7 Å². The lowest BCUT2D eigenvalue weighted by molar-refractivity contribution is 0.0228. The van der Waals surface area contributed by atoms with Gasteiger partial charge in [0.05, 0.1) is 0 Å². The summed E-state index contributed by atoms with van der Waals surface area (Å²) in [6.07, 6.45) is 2.13. The SMILES string of the molecule is C[C@H](CNC[C@@H](O)[C@@H]1CCc2cc(F)ccc2O1)C1CCc2cc(F)ccc2O1. The van der Waals surface area contributed by atoms with Crippen LogP contribution in [0.5, 0.6) is 11.5 Å². The van der Waals surface area contributed by atoms with Crippen molar-refractivity contribution in [3.8, 4) is 11.5 Å². The molecule has 2 aliphatic rings. The highest BCUT2D eigenvalue weighted by molar-refractivity contribution is 5.36. The molecule has 4 nitrogen and oxygen atoms in total. The summed E-state index contributed by atoms with van der Waals surface area (Å²) in [5.74, 6) is 1.17. The van der Waals surface area contributed by atoms with E-state index in [-0.39, 0.29) is 29.8 Å². The molecule has 0 aliphatic carbocycles. The van der Waals surface area contributed by atoms with Crippen LogP contribution in [0.15, 0.2) is 36.4 Å². The summed E-state index contributed by atoms with van der Waals surface area (Å²) in [6.45, 7) is 3.23. The van der Waals surface area contributed by atoms with Crippen LogP contribution in [-0.4, -0.2) is 36.5 Å². The van der Waals surface area contributed by atoms with Crippen molar-refractivity contribution in [2.45, 2.75) is 50.9 Å². The van der Waals surface area contributed by atoms with Gasteiger partial charge in [0.1, 0.15) is 41.4 Å². The van der Waals surface area contributed by atoms with E-state index in [1.165, 1.54) is 18.2 Å². The molecule has 4 atom stereocenters. The summed E-state index contributed by atoms with van der Waals surface area (Å²) in [6, 6.07) is 9.17. The second-order valence-electron chi connectivity index (χ2n) is 8.10. The molecule has 4 rings (SSSR count). The standard InChI is InChI=1S/C23H27F2NO3/c1-14(20-6-2-15-10-17(24)4-8-21(15)28-20)12-26-13-19(27)23-7-3-16-11-18(25)5-9-22(16)29-23/h4-5,8-11,14,19-20,23,26-27H,2-3,6-7,12-13H2,1H3/t14-,19-,20?,23+/m1/s1. The number of aliphatic hydroxyl groups is 1. The maximum Gasteiger partial charge on any atom is 0.126 e. The van der Waals surface area contributed by atoms with Crippen LogP contribution in [0, 0.1) is 17.6 Å². The Balaban J connectivity index is 1.24. The van der Waals surface area contributed by atoms with Gasteiger partial charge in [0.15, 0.2) is 0 Å². The molecule has 29 heavy (non-hydrogen) atoms. The molecule has 6 heteroatoms. The Bertz CT molecular complexity index is 791. The Morgan fingerprint density at radius 3 is 2.10 bits per heavy atom. The largest absolute Gasteiger partial charge is 0.490 e. The molecular weight excluding hydrogens is 376 g/mol. The molecule has 0 bridgehead atoms.